The third-order valence-electron chi connectivity index (χ3n) is 2.58. The Morgan fingerprint density at radius 2 is 1.87 bits per heavy atom. The highest BCUT2D eigenvalue weighted by Crippen LogP contribution is 2.22. The maximum atomic E-state index is 4.44. The molecule has 0 radical (unpaired) electrons. The van der Waals surface area contributed by atoms with E-state index in [9.17, 15) is 0 Å². The van der Waals surface area contributed by atoms with Gasteiger partial charge in [-0.2, -0.15) is 0 Å². The normalized spacial score (nSPS) is 11.3. The highest BCUT2D eigenvalue weighted by Gasteiger charge is 2.05. The monoisotopic (exact) mass is 197 g/mol. The molecule has 0 fully saturated rings. The highest BCUT2D eigenvalue weighted by molar-refractivity contribution is 6.02. The van der Waals surface area contributed by atoms with Crippen LogP contribution >= 0.6 is 0 Å². The van der Waals surface area contributed by atoms with Crippen LogP contribution in [0.1, 0.15) is 11.5 Å². The van der Waals surface area contributed by atoms with Gasteiger partial charge in [0.05, 0.1) is 5.52 Å². The fraction of sp³-hybridized carbons (Fsp3) is 0.167. The van der Waals surface area contributed by atoms with Gasteiger partial charge in [0.1, 0.15) is 11.3 Å². The van der Waals surface area contributed by atoms with Crippen LogP contribution in [0.4, 0.5) is 0 Å². The molecule has 0 bridgehead atoms. The molecule has 0 aliphatic heterocycles. The number of nitrogens with one attached hydrogen (secondary N) is 1. The lowest BCUT2D eigenvalue weighted by atomic mass is 10.2. The minimum absolute atomic E-state index is 0.832. The number of H-pyrrole nitrogens is 1. The van der Waals surface area contributed by atoms with Crippen LogP contribution in [0.2, 0.25) is 0 Å². The Labute approximate surface area is 87.2 Å². The predicted octanol–water partition coefficient (Wildman–Crippen LogP) is 2.73. The zero-order chi connectivity index (χ0) is 10.4. The number of imidazole rings is 1. The molecule has 15 heavy (non-hydrogen) atoms. The summed E-state index contributed by atoms with van der Waals surface area (Å²) < 4.78 is 0. The summed E-state index contributed by atoms with van der Waals surface area (Å²) in [5.74, 6) is 0.832. The smallest absolute Gasteiger partial charge is 0.126 e. The number of aromatic nitrogens is 3. The van der Waals surface area contributed by atoms with Crippen LogP contribution in [0.15, 0.2) is 24.3 Å². The van der Waals surface area contributed by atoms with Gasteiger partial charge in [0, 0.05) is 16.6 Å². The summed E-state index contributed by atoms with van der Waals surface area (Å²) in [5, 5.41) is 1.14. The van der Waals surface area contributed by atoms with Crippen molar-refractivity contribution in [2.45, 2.75) is 13.8 Å². The summed E-state index contributed by atoms with van der Waals surface area (Å²) in [6.07, 6.45) is 0. The number of nitrogens with zero attached hydrogens (tertiary/aromatic N) is 2. The Balaban J connectivity index is 2.53. The van der Waals surface area contributed by atoms with Gasteiger partial charge in [0.25, 0.3) is 0 Å². The fourth-order valence-corrected chi connectivity index (χ4v) is 1.91. The van der Waals surface area contributed by atoms with Crippen molar-refractivity contribution < 1.29 is 0 Å². The van der Waals surface area contributed by atoms with E-state index in [1.54, 1.807) is 0 Å². The lowest BCUT2D eigenvalue weighted by Crippen LogP contribution is -1.83. The number of pyridine rings is 1. The Bertz CT molecular complexity index is 652. The second-order valence-electron chi connectivity index (χ2n) is 3.81. The second kappa shape index (κ2) is 2.79. The Morgan fingerprint density at radius 3 is 2.73 bits per heavy atom. The molecule has 0 amide bonds. The number of aromatic amines is 1. The lowest BCUT2D eigenvalue weighted by molar-refractivity contribution is 1.17. The summed E-state index contributed by atoms with van der Waals surface area (Å²) in [5.41, 5.74) is 4.22. The van der Waals surface area contributed by atoms with E-state index in [1.807, 2.05) is 19.9 Å². The first-order chi connectivity index (χ1) is 7.24. The molecule has 3 rings (SSSR count). The zero-order valence-electron chi connectivity index (χ0n) is 8.70. The van der Waals surface area contributed by atoms with Gasteiger partial charge < -0.3 is 4.98 Å². The van der Waals surface area contributed by atoms with E-state index in [2.05, 4.69) is 33.2 Å². The molecular weight excluding hydrogens is 186 g/mol. The topological polar surface area (TPSA) is 41.6 Å². The van der Waals surface area contributed by atoms with Crippen molar-refractivity contribution >= 4 is 21.9 Å². The van der Waals surface area contributed by atoms with Crippen LogP contribution in [0.5, 0.6) is 0 Å². The lowest BCUT2D eigenvalue weighted by Gasteiger charge is -2.00. The standard InChI is InChI=1S/C12H11N3/c1-7-3-4-9-10(13-7)5-6-11-12(9)15-8(2)14-11/h3-6,13H,1-2H3. The summed E-state index contributed by atoms with van der Waals surface area (Å²) in [6, 6.07) is 8.22. The average molecular weight is 197 g/mol. The van der Waals surface area contributed by atoms with E-state index in [0.29, 0.717) is 0 Å². The summed E-state index contributed by atoms with van der Waals surface area (Å²) in [7, 11) is 0. The van der Waals surface area contributed by atoms with Crippen molar-refractivity contribution in [3.8, 4) is 0 Å². The molecule has 0 saturated heterocycles. The molecule has 3 aromatic rings. The first-order valence-electron chi connectivity index (χ1n) is 4.97. The molecular formula is C12H11N3. The molecule has 1 aromatic carbocycles. The zero-order valence-corrected chi connectivity index (χ0v) is 8.70. The van der Waals surface area contributed by atoms with Crippen LogP contribution in [-0.2, 0) is 0 Å². The number of hydrogen-bond donors (Lipinski definition) is 1. The number of benzene rings is 1. The SMILES string of the molecule is Cc1nc2ccc3[nH]c(C)ccc3c2n1. The molecule has 2 heterocycles. The summed E-state index contributed by atoms with van der Waals surface area (Å²) >= 11 is 0. The maximum absolute atomic E-state index is 4.44. The summed E-state index contributed by atoms with van der Waals surface area (Å²) in [6.45, 7) is 3.97. The Hall–Kier alpha value is -1.90. The van der Waals surface area contributed by atoms with E-state index in [4.69, 9.17) is 0 Å². The van der Waals surface area contributed by atoms with Gasteiger partial charge >= 0.3 is 0 Å². The molecule has 0 spiro atoms. The van der Waals surface area contributed by atoms with Crippen molar-refractivity contribution in [1.82, 2.24) is 15.0 Å². The van der Waals surface area contributed by atoms with Crippen LogP contribution in [0.3, 0.4) is 0 Å². The minimum Gasteiger partial charge on any atom is -0.359 e. The van der Waals surface area contributed by atoms with Crippen molar-refractivity contribution in [1.29, 1.82) is 0 Å². The molecule has 2 aromatic heterocycles. The van der Waals surface area contributed by atoms with Crippen LogP contribution in [0, 0.1) is 13.8 Å². The van der Waals surface area contributed by atoms with E-state index < -0.39 is 0 Å². The van der Waals surface area contributed by atoms with Gasteiger partial charge in [-0.15, -0.1) is 0 Å². The van der Waals surface area contributed by atoms with E-state index in [-0.39, 0.29) is 0 Å². The van der Waals surface area contributed by atoms with Gasteiger partial charge in [-0.3, -0.25) is 0 Å². The Kier molecular flexibility index (Phi) is 1.57. The van der Waals surface area contributed by atoms with Crippen molar-refractivity contribution in [3.05, 3.63) is 35.8 Å². The fourth-order valence-electron chi connectivity index (χ4n) is 1.91. The largest absolute Gasteiger partial charge is 0.359 e. The minimum atomic E-state index is 0.832. The van der Waals surface area contributed by atoms with Crippen molar-refractivity contribution in [2.75, 3.05) is 0 Å². The van der Waals surface area contributed by atoms with Gasteiger partial charge in [-0.1, -0.05) is 0 Å². The van der Waals surface area contributed by atoms with Crippen molar-refractivity contribution in [3.63, 3.8) is 0 Å². The third kappa shape index (κ3) is 1.20. The van der Waals surface area contributed by atoms with Crippen LogP contribution in [0.25, 0.3) is 21.9 Å². The molecule has 0 saturated carbocycles. The Morgan fingerprint density at radius 1 is 1.00 bits per heavy atom. The van der Waals surface area contributed by atoms with E-state index in [0.717, 1.165) is 33.5 Å². The third-order valence-corrected chi connectivity index (χ3v) is 2.58. The van der Waals surface area contributed by atoms with Gasteiger partial charge in [0.2, 0.25) is 0 Å². The van der Waals surface area contributed by atoms with E-state index >= 15 is 0 Å². The highest BCUT2D eigenvalue weighted by atomic mass is 14.9. The number of hydrogen-bond acceptors (Lipinski definition) is 2. The average Bonchev–Trinajstić information content (AvgIpc) is 2.58. The number of fused-ring (bicyclic) bond motifs is 3. The molecule has 3 nitrogen and oxygen atoms in total. The molecule has 1 N–H and O–H groups in total. The second-order valence-corrected chi connectivity index (χ2v) is 3.81. The van der Waals surface area contributed by atoms with Gasteiger partial charge in [-0.05, 0) is 38.1 Å². The first-order valence-corrected chi connectivity index (χ1v) is 4.97. The van der Waals surface area contributed by atoms with Crippen LogP contribution < -0.4 is 0 Å². The maximum Gasteiger partial charge on any atom is 0.126 e. The van der Waals surface area contributed by atoms with Crippen LogP contribution in [-0.4, -0.2) is 15.0 Å². The molecule has 74 valence electrons. The quantitative estimate of drug-likeness (QED) is 0.602. The number of aryl methyl sites for hydroxylation is 2. The molecule has 0 unspecified atom stereocenters. The molecule has 0 aliphatic rings. The first kappa shape index (κ1) is 8.41. The molecule has 0 aliphatic carbocycles. The molecule has 0 atom stereocenters. The van der Waals surface area contributed by atoms with Gasteiger partial charge in [-0.25, -0.2) is 9.97 Å². The van der Waals surface area contributed by atoms with E-state index in [1.165, 1.54) is 0 Å². The molecule has 3 heteroatoms. The van der Waals surface area contributed by atoms with Gasteiger partial charge in [0.15, 0.2) is 0 Å². The predicted molar refractivity (Wildman–Crippen MR) is 60.9 cm³/mol. The summed E-state index contributed by atoms with van der Waals surface area (Å²) in [4.78, 5) is 12.1. The number of rotatable bonds is 0. The van der Waals surface area contributed by atoms with Crippen molar-refractivity contribution in [2.24, 2.45) is 0 Å².